The number of aryl methyl sites for hydroxylation is 1. The van der Waals surface area contributed by atoms with Gasteiger partial charge in [-0.1, -0.05) is 12.1 Å². The number of aromatic nitrogens is 2. The van der Waals surface area contributed by atoms with E-state index in [-0.39, 0.29) is 0 Å². The standard InChI is InChI=1S/C16H22N4/c1-13-15(11-18-19-13)10-17-16-6-4-5-14(9-16)12-20-7-2-3-8-20/h4-6,9,11,17H,2-3,7-8,10,12H2,1H3,(H,18,19). The number of anilines is 1. The lowest BCUT2D eigenvalue weighted by Gasteiger charge is -2.15. The van der Waals surface area contributed by atoms with Crippen LogP contribution in [0.15, 0.2) is 30.5 Å². The van der Waals surface area contributed by atoms with Crippen molar-refractivity contribution in [1.82, 2.24) is 15.1 Å². The minimum Gasteiger partial charge on any atom is -0.381 e. The van der Waals surface area contributed by atoms with E-state index in [0.29, 0.717) is 0 Å². The molecule has 4 nitrogen and oxygen atoms in total. The molecule has 1 aliphatic rings. The smallest absolute Gasteiger partial charge is 0.0539 e. The van der Waals surface area contributed by atoms with E-state index in [1.165, 1.54) is 42.7 Å². The highest BCUT2D eigenvalue weighted by molar-refractivity contribution is 5.46. The zero-order valence-electron chi connectivity index (χ0n) is 12.0. The summed E-state index contributed by atoms with van der Waals surface area (Å²) in [7, 11) is 0. The van der Waals surface area contributed by atoms with Gasteiger partial charge in [0.1, 0.15) is 0 Å². The Morgan fingerprint density at radius 2 is 2.15 bits per heavy atom. The molecule has 0 aliphatic carbocycles. The fourth-order valence-electron chi connectivity index (χ4n) is 2.73. The average molecular weight is 270 g/mol. The molecule has 1 aromatic carbocycles. The summed E-state index contributed by atoms with van der Waals surface area (Å²) in [6, 6.07) is 8.74. The van der Waals surface area contributed by atoms with Crippen LogP contribution in [0.4, 0.5) is 5.69 Å². The zero-order chi connectivity index (χ0) is 13.8. The molecule has 0 unspecified atom stereocenters. The topological polar surface area (TPSA) is 44.0 Å². The molecule has 0 saturated carbocycles. The van der Waals surface area contributed by atoms with Gasteiger partial charge in [0.05, 0.1) is 6.20 Å². The van der Waals surface area contributed by atoms with Gasteiger partial charge >= 0.3 is 0 Å². The molecule has 2 heterocycles. The largest absolute Gasteiger partial charge is 0.381 e. The van der Waals surface area contributed by atoms with E-state index in [2.05, 4.69) is 44.7 Å². The molecule has 1 aliphatic heterocycles. The number of hydrogen-bond donors (Lipinski definition) is 2. The molecule has 20 heavy (non-hydrogen) atoms. The quantitative estimate of drug-likeness (QED) is 0.878. The molecule has 1 aromatic heterocycles. The predicted molar refractivity (Wildman–Crippen MR) is 81.6 cm³/mol. The van der Waals surface area contributed by atoms with Gasteiger partial charge in [0.25, 0.3) is 0 Å². The van der Waals surface area contributed by atoms with Crippen molar-refractivity contribution in [2.75, 3.05) is 18.4 Å². The highest BCUT2D eigenvalue weighted by Crippen LogP contribution is 2.17. The van der Waals surface area contributed by atoms with Gasteiger partial charge in [-0.15, -0.1) is 0 Å². The normalized spacial score (nSPS) is 15.7. The van der Waals surface area contributed by atoms with E-state index in [4.69, 9.17) is 0 Å². The number of benzene rings is 1. The minimum absolute atomic E-state index is 0.815. The minimum atomic E-state index is 0.815. The highest BCUT2D eigenvalue weighted by Gasteiger charge is 2.11. The lowest BCUT2D eigenvalue weighted by atomic mass is 10.2. The maximum Gasteiger partial charge on any atom is 0.0539 e. The molecule has 0 atom stereocenters. The van der Waals surface area contributed by atoms with Crippen molar-refractivity contribution < 1.29 is 0 Å². The first-order chi connectivity index (χ1) is 9.81. The fraction of sp³-hybridized carbons (Fsp3) is 0.438. The van der Waals surface area contributed by atoms with Gasteiger partial charge in [-0.05, 0) is 50.6 Å². The van der Waals surface area contributed by atoms with E-state index in [1.807, 2.05) is 13.1 Å². The Kier molecular flexibility index (Phi) is 4.02. The molecule has 4 heteroatoms. The van der Waals surface area contributed by atoms with Gasteiger partial charge in [0.2, 0.25) is 0 Å². The lowest BCUT2D eigenvalue weighted by molar-refractivity contribution is 0.331. The third-order valence-corrected chi connectivity index (χ3v) is 3.95. The maximum absolute atomic E-state index is 4.05. The summed E-state index contributed by atoms with van der Waals surface area (Å²) in [6.45, 7) is 6.42. The molecule has 0 spiro atoms. The number of rotatable bonds is 5. The van der Waals surface area contributed by atoms with Crippen LogP contribution in [0.3, 0.4) is 0 Å². The van der Waals surface area contributed by atoms with Crippen molar-refractivity contribution in [3.05, 3.63) is 47.3 Å². The Labute approximate surface area is 120 Å². The summed E-state index contributed by atoms with van der Waals surface area (Å²) in [5.74, 6) is 0. The molecule has 3 rings (SSSR count). The van der Waals surface area contributed by atoms with Crippen LogP contribution in [-0.2, 0) is 13.1 Å². The monoisotopic (exact) mass is 270 g/mol. The number of nitrogens with zero attached hydrogens (tertiary/aromatic N) is 2. The van der Waals surface area contributed by atoms with Crippen molar-refractivity contribution in [1.29, 1.82) is 0 Å². The number of aromatic amines is 1. The number of hydrogen-bond acceptors (Lipinski definition) is 3. The van der Waals surface area contributed by atoms with Gasteiger partial charge in [-0.3, -0.25) is 10.00 Å². The lowest BCUT2D eigenvalue weighted by Crippen LogP contribution is -2.18. The Hall–Kier alpha value is -1.81. The highest BCUT2D eigenvalue weighted by atomic mass is 15.1. The molecule has 1 saturated heterocycles. The van der Waals surface area contributed by atoms with Gasteiger partial charge in [-0.25, -0.2) is 0 Å². The SMILES string of the molecule is Cc1[nH]ncc1CNc1cccc(CN2CCCC2)c1. The second kappa shape index (κ2) is 6.09. The zero-order valence-corrected chi connectivity index (χ0v) is 12.0. The van der Waals surface area contributed by atoms with Crippen molar-refractivity contribution >= 4 is 5.69 Å². The summed E-state index contributed by atoms with van der Waals surface area (Å²) in [4.78, 5) is 2.53. The molecule has 0 bridgehead atoms. The summed E-state index contributed by atoms with van der Waals surface area (Å²) < 4.78 is 0. The molecule has 0 amide bonds. The van der Waals surface area contributed by atoms with Crippen LogP contribution in [0.5, 0.6) is 0 Å². The van der Waals surface area contributed by atoms with Crippen LogP contribution in [0.25, 0.3) is 0 Å². The second-order valence-corrected chi connectivity index (χ2v) is 5.56. The third-order valence-electron chi connectivity index (χ3n) is 3.95. The molecule has 2 aromatic rings. The Balaban J connectivity index is 1.60. The van der Waals surface area contributed by atoms with Crippen LogP contribution in [-0.4, -0.2) is 28.2 Å². The summed E-state index contributed by atoms with van der Waals surface area (Å²) in [6.07, 6.45) is 4.58. The van der Waals surface area contributed by atoms with Crippen molar-refractivity contribution in [2.45, 2.75) is 32.9 Å². The molecule has 106 valence electrons. The van der Waals surface area contributed by atoms with E-state index < -0.39 is 0 Å². The van der Waals surface area contributed by atoms with Gasteiger partial charge in [-0.2, -0.15) is 5.10 Å². The van der Waals surface area contributed by atoms with E-state index in [1.54, 1.807) is 0 Å². The Morgan fingerprint density at radius 1 is 1.30 bits per heavy atom. The van der Waals surface area contributed by atoms with Gasteiger partial charge in [0, 0.05) is 30.0 Å². The number of H-pyrrole nitrogens is 1. The predicted octanol–water partition coefficient (Wildman–Crippen LogP) is 2.93. The third kappa shape index (κ3) is 3.20. The summed E-state index contributed by atoms with van der Waals surface area (Å²) in [5, 5.41) is 10.5. The first-order valence-corrected chi connectivity index (χ1v) is 7.35. The average Bonchev–Trinajstić information content (AvgIpc) is 3.09. The summed E-state index contributed by atoms with van der Waals surface area (Å²) in [5.41, 5.74) is 4.92. The van der Waals surface area contributed by atoms with E-state index in [0.717, 1.165) is 18.8 Å². The van der Waals surface area contributed by atoms with Gasteiger partial charge < -0.3 is 5.32 Å². The van der Waals surface area contributed by atoms with Crippen molar-refractivity contribution in [2.24, 2.45) is 0 Å². The number of nitrogens with one attached hydrogen (secondary N) is 2. The maximum atomic E-state index is 4.05. The Bertz CT molecular complexity index is 555. The van der Waals surface area contributed by atoms with Crippen LogP contribution in [0, 0.1) is 6.92 Å². The molecule has 0 radical (unpaired) electrons. The second-order valence-electron chi connectivity index (χ2n) is 5.56. The van der Waals surface area contributed by atoms with E-state index in [9.17, 15) is 0 Å². The van der Waals surface area contributed by atoms with Crippen LogP contribution in [0.1, 0.15) is 29.7 Å². The molecule has 2 N–H and O–H groups in total. The van der Waals surface area contributed by atoms with Crippen LogP contribution < -0.4 is 5.32 Å². The number of likely N-dealkylation sites (tertiary alicyclic amines) is 1. The van der Waals surface area contributed by atoms with Crippen LogP contribution >= 0.6 is 0 Å². The first kappa shape index (κ1) is 13.2. The Morgan fingerprint density at radius 3 is 2.90 bits per heavy atom. The van der Waals surface area contributed by atoms with Crippen LogP contribution in [0.2, 0.25) is 0 Å². The van der Waals surface area contributed by atoms with E-state index >= 15 is 0 Å². The summed E-state index contributed by atoms with van der Waals surface area (Å²) >= 11 is 0. The first-order valence-electron chi connectivity index (χ1n) is 7.35. The van der Waals surface area contributed by atoms with Gasteiger partial charge in [0.15, 0.2) is 0 Å². The molecule has 1 fully saturated rings. The molecular weight excluding hydrogens is 248 g/mol. The van der Waals surface area contributed by atoms with Crippen molar-refractivity contribution in [3.8, 4) is 0 Å². The molecular formula is C16H22N4. The fourth-order valence-corrected chi connectivity index (χ4v) is 2.73. The van der Waals surface area contributed by atoms with Crippen molar-refractivity contribution in [3.63, 3.8) is 0 Å².